The Kier molecular flexibility index (Phi) is 15.2. The Bertz CT molecular complexity index is 1470. The van der Waals surface area contributed by atoms with Gasteiger partial charge in [0.25, 0.3) is 5.91 Å². The molecule has 0 aromatic heterocycles. The number of carbonyl (C=O) groups excluding carboxylic acids is 2. The number of aldehydes is 1. The molecule has 53 heavy (non-hydrogen) atoms. The number of likely N-dealkylation sites (N-methyl/N-ethyl adjacent to an activating group) is 1. The van der Waals surface area contributed by atoms with Gasteiger partial charge in [-0.05, 0) is 160 Å². The van der Waals surface area contributed by atoms with E-state index in [4.69, 9.17) is 0 Å². The molecular weight excluding hydrogens is 653 g/mol. The molecule has 0 radical (unpaired) electrons. The van der Waals surface area contributed by atoms with Crippen LogP contribution in [0.25, 0.3) is 0 Å². The van der Waals surface area contributed by atoms with E-state index in [0.717, 1.165) is 61.1 Å². The normalized spacial score (nSPS) is 34.6. The van der Waals surface area contributed by atoms with Gasteiger partial charge < -0.3 is 20.5 Å². The van der Waals surface area contributed by atoms with Crippen LogP contribution in [0.15, 0.2) is 67.3 Å². The van der Waals surface area contributed by atoms with Gasteiger partial charge in [-0.2, -0.15) is 0 Å². The summed E-state index contributed by atoms with van der Waals surface area (Å²) in [6, 6.07) is 17.7. The van der Waals surface area contributed by atoms with Crippen molar-refractivity contribution in [2.24, 2.45) is 51.2 Å². The second-order valence-electron chi connectivity index (χ2n) is 17.9. The van der Waals surface area contributed by atoms with Crippen LogP contribution in [0.4, 0.5) is 0 Å². The number of allylic oxidation sites excluding steroid dienone is 1. The molecule has 7 rings (SSSR count). The number of nitrogens with one attached hydrogen (secondary N) is 2. The predicted molar refractivity (Wildman–Crippen MR) is 222 cm³/mol. The van der Waals surface area contributed by atoms with Crippen molar-refractivity contribution in [1.82, 2.24) is 10.6 Å². The third-order valence-corrected chi connectivity index (χ3v) is 14.9. The van der Waals surface area contributed by atoms with Crippen LogP contribution in [0.5, 0.6) is 0 Å². The summed E-state index contributed by atoms with van der Waals surface area (Å²) in [4.78, 5) is 24.2. The van der Waals surface area contributed by atoms with Crippen LogP contribution in [0.1, 0.15) is 141 Å². The summed E-state index contributed by atoms with van der Waals surface area (Å²) in [5.41, 5.74) is 3.92. The van der Waals surface area contributed by atoms with E-state index >= 15 is 0 Å². The Morgan fingerprint density at radius 2 is 1.51 bits per heavy atom. The van der Waals surface area contributed by atoms with Crippen LogP contribution in [0.3, 0.4) is 0 Å². The standard InChI is InChI=1S/C26H42O2.C17H20N2O.C3H6.C2H6/c1-23(2)20-10-13-24(3)18-9-15-26(16-27)12-5-6-19(26)17(18)7-8-21(24)25(20,4)14-11-22(23)28;1-18-11-10-14-8-5-9-16(12-14)17(20)19-13-15-6-3-2-4-7-15;1-3-2;1-2/h16-22,28H,5-15H2,1-4H3;2-9,12,18H,10-11,13H2,1H3,(H,19,20);3H,1H2,2H3;1-2H3. The lowest BCUT2D eigenvalue weighted by Crippen LogP contribution is -2.63. The van der Waals surface area contributed by atoms with Crippen LogP contribution in [0, 0.1) is 51.2 Å². The number of hydrogen-bond donors (Lipinski definition) is 3. The van der Waals surface area contributed by atoms with Crippen molar-refractivity contribution < 1.29 is 14.7 Å². The maximum atomic E-state index is 12.1. The van der Waals surface area contributed by atoms with Crippen LogP contribution >= 0.6 is 0 Å². The van der Waals surface area contributed by atoms with Gasteiger partial charge in [0.05, 0.1) is 6.10 Å². The summed E-state index contributed by atoms with van der Waals surface area (Å²) in [6.45, 7) is 20.6. The van der Waals surface area contributed by atoms with Crippen molar-refractivity contribution >= 4 is 12.2 Å². The fourth-order valence-corrected chi connectivity index (χ4v) is 12.5. The van der Waals surface area contributed by atoms with E-state index in [0.29, 0.717) is 29.2 Å². The number of carbonyl (C=O) groups is 2. The van der Waals surface area contributed by atoms with Gasteiger partial charge >= 0.3 is 0 Å². The molecule has 9 atom stereocenters. The van der Waals surface area contributed by atoms with E-state index < -0.39 is 0 Å². The molecule has 0 bridgehead atoms. The van der Waals surface area contributed by atoms with Crippen molar-refractivity contribution in [3.05, 3.63) is 83.9 Å². The van der Waals surface area contributed by atoms with Crippen LogP contribution in [-0.4, -0.2) is 37.0 Å². The molecule has 5 nitrogen and oxygen atoms in total. The smallest absolute Gasteiger partial charge is 0.251 e. The van der Waals surface area contributed by atoms with Gasteiger partial charge in [-0.15, -0.1) is 6.58 Å². The van der Waals surface area contributed by atoms with Gasteiger partial charge in [0.1, 0.15) is 6.29 Å². The first kappa shape index (κ1) is 43.0. The summed E-state index contributed by atoms with van der Waals surface area (Å²) in [5, 5.41) is 16.8. The molecule has 5 fully saturated rings. The highest BCUT2D eigenvalue weighted by Gasteiger charge is 2.66. The minimum atomic E-state index is -0.132. The number of rotatable bonds is 7. The first-order chi connectivity index (χ1) is 25.4. The number of fused-ring (bicyclic) bond motifs is 7. The molecule has 0 heterocycles. The topological polar surface area (TPSA) is 78.4 Å². The molecule has 5 aliphatic carbocycles. The highest BCUT2D eigenvalue weighted by molar-refractivity contribution is 5.94. The van der Waals surface area contributed by atoms with E-state index in [2.05, 4.69) is 44.9 Å². The third kappa shape index (κ3) is 8.88. The lowest BCUT2D eigenvalue weighted by molar-refractivity contribution is -0.213. The summed E-state index contributed by atoms with van der Waals surface area (Å²) in [6.07, 6.45) is 17.7. The molecule has 0 spiro atoms. The molecule has 2 aromatic rings. The van der Waals surface area contributed by atoms with Crippen LogP contribution in [-0.2, 0) is 17.8 Å². The van der Waals surface area contributed by atoms with E-state index in [1.54, 1.807) is 6.08 Å². The van der Waals surface area contributed by atoms with Gasteiger partial charge in [0, 0.05) is 17.5 Å². The number of aliphatic hydroxyl groups excluding tert-OH is 1. The highest BCUT2D eigenvalue weighted by Crippen LogP contribution is 2.72. The van der Waals surface area contributed by atoms with Gasteiger partial charge in [0.2, 0.25) is 0 Å². The minimum Gasteiger partial charge on any atom is -0.393 e. The van der Waals surface area contributed by atoms with Gasteiger partial charge in [-0.25, -0.2) is 0 Å². The Labute approximate surface area is 323 Å². The van der Waals surface area contributed by atoms with Gasteiger partial charge in [-0.3, -0.25) is 4.79 Å². The van der Waals surface area contributed by atoms with Crippen molar-refractivity contribution in [1.29, 1.82) is 0 Å². The minimum absolute atomic E-state index is 0.0276. The van der Waals surface area contributed by atoms with Gasteiger partial charge in [0.15, 0.2) is 0 Å². The van der Waals surface area contributed by atoms with Crippen molar-refractivity contribution in [2.75, 3.05) is 13.6 Å². The van der Waals surface area contributed by atoms with Crippen molar-refractivity contribution in [2.45, 2.75) is 138 Å². The first-order valence-electron chi connectivity index (χ1n) is 21.2. The summed E-state index contributed by atoms with van der Waals surface area (Å²) in [7, 11) is 1.93. The van der Waals surface area contributed by atoms with Crippen LogP contribution in [0.2, 0.25) is 0 Å². The highest BCUT2D eigenvalue weighted by atomic mass is 16.3. The number of amides is 1. The maximum absolute atomic E-state index is 12.1. The lowest BCUT2D eigenvalue weighted by Gasteiger charge is -2.69. The predicted octanol–water partition coefficient (Wildman–Crippen LogP) is 10.6. The Balaban J connectivity index is 0.000000221. The largest absolute Gasteiger partial charge is 0.393 e. The van der Waals surface area contributed by atoms with E-state index in [1.165, 1.54) is 63.2 Å². The SMILES string of the molecule is C=CC.CC.CC1(C)C(O)CCC2(C)C1CCC1(C)C3CCC4(C=O)CCCC4C3CCC12.CNCCc1cccc(C(=O)NCc2ccccc2)c1. The molecule has 5 saturated carbocycles. The maximum Gasteiger partial charge on any atom is 0.251 e. The Hall–Kier alpha value is -2.76. The Morgan fingerprint density at radius 3 is 2.19 bits per heavy atom. The fourth-order valence-electron chi connectivity index (χ4n) is 12.5. The summed E-state index contributed by atoms with van der Waals surface area (Å²) < 4.78 is 0. The molecule has 2 aromatic carbocycles. The monoisotopic (exact) mass is 727 g/mol. The molecular formula is C48H74N2O3. The van der Waals surface area contributed by atoms with E-state index in [9.17, 15) is 14.7 Å². The third-order valence-electron chi connectivity index (χ3n) is 14.9. The summed E-state index contributed by atoms with van der Waals surface area (Å²) in [5.74, 6) is 3.73. The molecule has 3 N–H and O–H groups in total. The van der Waals surface area contributed by atoms with E-state index in [1.807, 2.05) is 82.4 Å². The average molecular weight is 727 g/mol. The zero-order chi connectivity index (χ0) is 38.9. The molecule has 9 unspecified atom stereocenters. The second-order valence-corrected chi connectivity index (χ2v) is 17.9. The van der Waals surface area contributed by atoms with Crippen molar-refractivity contribution in [3.8, 4) is 0 Å². The molecule has 294 valence electrons. The molecule has 5 aliphatic rings. The molecule has 0 aliphatic heterocycles. The molecule has 5 heteroatoms. The van der Waals surface area contributed by atoms with Crippen molar-refractivity contribution in [3.63, 3.8) is 0 Å². The molecule has 1 amide bonds. The second kappa shape index (κ2) is 18.7. The Morgan fingerprint density at radius 1 is 0.830 bits per heavy atom. The number of aliphatic hydroxyl groups is 1. The number of benzene rings is 2. The van der Waals surface area contributed by atoms with Gasteiger partial charge in [-0.1, -0.05) is 96.5 Å². The fraction of sp³-hybridized carbons (Fsp3) is 0.667. The lowest BCUT2D eigenvalue weighted by atomic mass is 9.36. The zero-order valence-corrected chi connectivity index (χ0v) is 34.7. The van der Waals surface area contributed by atoms with Crippen LogP contribution < -0.4 is 10.6 Å². The first-order valence-corrected chi connectivity index (χ1v) is 21.2. The molecule has 0 saturated heterocycles. The average Bonchev–Trinajstić information content (AvgIpc) is 3.62. The zero-order valence-electron chi connectivity index (χ0n) is 34.7. The quantitative estimate of drug-likeness (QED) is 0.196. The summed E-state index contributed by atoms with van der Waals surface area (Å²) >= 11 is 0. The number of hydrogen-bond acceptors (Lipinski definition) is 4. The van der Waals surface area contributed by atoms with E-state index in [-0.39, 0.29) is 22.8 Å².